The number of aromatic nitrogens is 2. The molecule has 0 unspecified atom stereocenters. The minimum atomic E-state index is -0.350. The molecule has 0 radical (unpaired) electrons. The molecule has 0 fully saturated rings. The van der Waals surface area contributed by atoms with Gasteiger partial charge >= 0.3 is 0 Å². The third kappa shape index (κ3) is 2.13. The Morgan fingerprint density at radius 1 is 1.35 bits per heavy atom. The molecule has 2 heterocycles. The van der Waals surface area contributed by atoms with Gasteiger partial charge in [0, 0.05) is 25.5 Å². The van der Waals surface area contributed by atoms with Gasteiger partial charge in [-0.2, -0.15) is 0 Å². The van der Waals surface area contributed by atoms with Gasteiger partial charge in [-0.3, -0.25) is 4.79 Å². The van der Waals surface area contributed by atoms with E-state index in [-0.39, 0.29) is 11.7 Å². The van der Waals surface area contributed by atoms with Gasteiger partial charge in [0.25, 0.3) is 5.91 Å². The molecule has 0 aliphatic heterocycles. The number of hydrogen-bond acceptors (Lipinski definition) is 2. The highest BCUT2D eigenvalue weighted by atomic mass is 19.1. The van der Waals surface area contributed by atoms with Gasteiger partial charge < -0.3 is 9.30 Å². The summed E-state index contributed by atoms with van der Waals surface area (Å²) in [7, 11) is 0. The van der Waals surface area contributed by atoms with Crippen LogP contribution in [0, 0.1) is 5.82 Å². The highest BCUT2D eigenvalue weighted by Gasteiger charge is 2.15. The second-order valence-corrected chi connectivity index (χ2v) is 3.72. The van der Waals surface area contributed by atoms with Crippen molar-refractivity contribution in [3.63, 3.8) is 0 Å². The van der Waals surface area contributed by atoms with Crippen molar-refractivity contribution in [3.8, 4) is 0 Å². The van der Waals surface area contributed by atoms with E-state index in [1.165, 1.54) is 16.7 Å². The molecule has 0 spiro atoms. The summed E-state index contributed by atoms with van der Waals surface area (Å²) in [4.78, 5) is 17.9. The summed E-state index contributed by atoms with van der Waals surface area (Å²) in [6.45, 7) is 5.10. The van der Waals surface area contributed by atoms with Gasteiger partial charge in [-0.15, -0.1) is 0 Å². The van der Waals surface area contributed by atoms with Crippen LogP contribution in [0.15, 0.2) is 24.5 Å². The van der Waals surface area contributed by atoms with Crippen LogP contribution in [0.2, 0.25) is 0 Å². The number of amides is 1. The largest absolute Gasteiger partial charge is 0.338 e. The molecule has 0 saturated carbocycles. The molecular weight excluding hydrogens is 221 g/mol. The fourth-order valence-electron chi connectivity index (χ4n) is 1.74. The average Bonchev–Trinajstić information content (AvgIpc) is 2.73. The van der Waals surface area contributed by atoms with Crippen molar-refractivity contribution in [2.24, 2.45) is 0 Å². The first-order valence-electron chi connectivity index (χ1n) is 5.59. The van der Waals surface area contributed by atoms with Gasteiger partial charge in [0.05, 0.1) is 0 Å². The molecule has 0 bridgehead atoms. The third-order valence-electron chi connectivity index (χ3n) is 2.68. The van der Waals surface area contributed by atoms with Crippen molar-refractivity contribution < 1.29 is 9.18 Å². The molecule has 0 N–H and O–H groups in total. The Morgan fingerprint density at radius 2 is 2.06 bits per heavy atom. The number of carbonyl (C=O) groups is 1. The van der Waals surface area contributed by atoms with Crippen molar-refractivity contribution in [3.05, 3.63) is 36.0 Å². The van der Waals surface area contributed by atoms with Gasteiger partial charge in [-0.1, -0.05) is 0 Å². The molecule has 0 saturated heterocycles. The van der Waals surface area contributed by atoms with E-state index in [9.17, 15) is 9.18 Å². The number of rotatable bonds is 3. The van der Waals surface area contributed by atoms with Crippen LogP contribution in [0.4, 0.5) is 4.39 Å². The van der Waals surface area contributed by atoms with E-state index >= 15 is 0 Å². The second-order valence-electron chi connectivity index (χ2n) is 3.72. The highest BCUT2D eigenvalue weighted by molar-refractivity contribution is 5.92. The summed E-state index contributed by atoms with van der Waals surface area (Å²) in [5.41, 5.74) is 0.918. The normalized spacial score (nSPS) is 10.8. The van der Waals surface area contributed by atoms with Crippen molar-refractivity contribution in [2.45, 2.75) is 13.8 Å². The number of nitrogens with zero attached hydrogens (tertiary/aromatic N) is 3. The van der Waals surface area contributed by atoms with Crippen molar-refractivity contribution in [2.75, 3.05) is 13.1 Å². The molecule has 90 valence electrons. The molecule has 4 nitrogen and oxygen atoms in total. The quantitative estimate of drug-likeness (QED) is 0.815. The summed E-state index contributed by atoms with van der Waals surface area (Å²) < 4.78 is 14.5. The van der Waals surface area contributed by atoms with Crippen LogP contribution in [0.3, 0.4) is 0 Å². The van der Waals surface area contributed by atoms with Gasteiger partial charge in [-0.25, -0.2) is 9.37 Å². The average molecular weight is 235 g/mol. The second kappa shape index (κ2) is 4.53. The topological polar surface area (TPSA) is 37.6 Å². The minimum absolute atomic E-state index is 0.126. The van der Waals surface area contributed by atoms with Crippen molar-refractivity contribution in [1.29, 1.82) is 0 Å². The monoisotopic (exact) mass is 235 g/mol. The van der Waals surface area contributed by atoms with E-state index in [0.717, 1.165) is 0 Å². The summed E-state index contributed by atoms with van der Waals surface area (Å²) in [6.07, 6.45) is 2.86. The number of hydrogen-bond donors (Lipinski definition) is 0. The van der Waals surface area contributed by atoms with Crippen molar-refractivity contribution >= 4 is 11.6 Å². The van der Waals surface area contributed by atoms with Crippen LogP contribution in [0.25, 0.3) is 5.65 Å². The minimum Gasteiger partial charge on any atom is -0.338 e. The number of imidazole rings is 1. The zero-order valence-electron chi connectivity index (χ0n) is 9.85. The Bertz CT molecular complexity index is 546. The summed E-state index contributed by atoms with van der Waals surface area (Å²) in [5, 5.41) is 0. The van der Waals surface area contributed by atoms with E-state index in [1.54, 1.807) is 17.2 Å². The molecule has 0 atom stereocenters. The number of pyridine rings is 1. The molecular formula is C12H14FN3O. The molecule has 2 aromatic heterocycles. The number of fused-ring (bicyclic) bond motifs is 1. The maximum atomic E-state index is 13.0. The van der Waals surface area contributed by atoms with Crippen LogP contribution in [-0.2, 0) is 0 Å². The number of halogens is 1. The summed E-state index contributed by atoms with van der Waals surface area (Å²) in [6, 6.07) is 2.88. The van der Waals surface area contributed by atoms with Crippen LogP contribution in [0.1, 0.15) is 24.3 Å². The lowest BCUT2D eigenvalue weighted by Crippen LogP contribution is -2.30. The number of carbonyl (C=O) groups excluding carboxylic acids is 1. The van der Waals surface area contributed by atoms with Crippen LogP contribution < -0.4 is 0 Å². The Morgan fingerprint density at radius 3 is 2.71 bits per heavy atom. The fraction of sp³-hybridized carbons (Fsp3) is 0.333. The van der Waals surface area contributed by atoms with Gasteiger partial charge in [0.15, 0.2) is 0 Å². The van der Waals surface area contributed by atoms with E-state index in [2.05, 4.69) is 4.98 Å². The van der Waals surface area contributed by atoms with Gasteiger partial charge in [0.2, 0.25) is 0 Å². The predicted octanol–water partition coefficient (Wildman–Crippen LogP) is 1.96. The maximum Gasteiger partial charge on any atom is 0.274 e. The lowest BCUT2D eigenvalue weighted by molar-refractivity contribution is 0.0768. The van der Waals surface area contributed by atoms with E-state index in [4.69, 9.17) is 0 Å². The molecule has 2 rings (SSSR count). The molecule has 0 aromatic carbocycles. The first-order valence-corrected chi connectivity index (χ1v) is 5.59. The zero-order valence-corrected chi connectivity index (χ0v) is 9.85. The fourth-order valence-corrected chi connectivity index (χ4v) is 1.74. The molecule has 1 amide bonds. The molecule has 5 heteroatoms. The lowest BCUT2D eigenvalue weighted by Gasteiger charge is -2.16. The molecule has 2 aromatic rings. The summed E-state index contributed by atoms with van der Waals surface area (Å²) >= 11 is 0. The van der Waals surface area contributed by atoms with Crippen molar-refractivity contribution in [1.82, 2.24) is 14.3 Å². The lowest BCUT2D eigenvalue weighted by atomic mass is 10.4. The van der Waals surface area contributed by atoms with E-state index < -0.39 is 0 Å². The first-order chi connectivity index (χ1) is 8.15. The molecule has 0 aliphatic carbocycles. The zero-order chi connectivity index (χ0) is 12.4. The van der Waals surface area contributed by atoms with Gasteiger partial charge in [-0.05, 0) is 26.0 Å². The van der Waals surface area contributed by atoms with Crippen LogP contribution in [-0.4, -0.2) is 33.3 Å². The molecule has 0 aliphatic rings. The highest BCUT2D eigenvalue weighted by Crippen LogP contribution is 2.09. The first kappa shape index (κ1) is 11.6. The Balaban J connectivity index is 2.39. The van der Waals surface area contributed by atoms with Gasteiger partial charge in [0.1, 0.15) is 17.2 Å². The summed E-state index contributed by atoms with van der Waals surface area (Å²) in [5.74, 6) is -0.476. The SMILES string of the molecule is CCN(CC)C(=O)c1cn2cc(F)ccc2n1. The standard InChI is InChI=1S/C12H14FN3O/c1-3-15(4-2)12(17)10-8-16-7-9(13)5-6-11(16)14-10/h5-8H,3-4H2,1-2H3. The Labute approximate surface area is 98.7 Å². The maximum absolute atomic E-state index is 13.0. The van der Waals surface area contributed by atoms with E-state index in [1.807, 2.05) is 13.8 Å². The van der Waals surface area contributed by atoms with E-state index in [0.29, 0.717) is 24.4 Å². The Kier molecular flexibility index (Phi) is 3.08. The van der Waals surface area contributed by atoms with Crippen LogP contribution >= 0.6 is 0 Å². The Hall–Kier alpha value is -1.91. The van der Waals surface area contributed by atoms with Crippen LogP contribution in [0.5, 0.6) is 0 Å². The molecule has 17 heavy (non-hydrogen) atoms. The predicted molar refractivity (Wildman–Crippen MR) is 62.4 cm³/mol. The third-order valence-corrected chi connectivity index (χ3v) is 2.68. The smallest absolute Gasteiger partial charge is 0.274 e.